The first-order chi connectivity index (χ1) is 16.0. The van der Waals surface area contributed by atoms with E-state index in [9.17, 15) is 9.59 Å². The van der Waals surface area contributed by atoms with Crippen molar-refractivity contribution in [3.05, 3.63) is 78.1 Å². The molecule has 0 N–H and O–H groups in total. The summed E-state index contributed by atoms with van der Waals surface area (Å²) in [5.74, 6) is 0.846. The third kappa shape index (κ3) is 3.80. The Morgan fingerprint density at radius 3 is 2.33 bits per heavy atom. The summed E-state index contributed by atoms with van der Waals surface area (Å²) < 4.78 is 7.49. The molecule has 6 nitrogen and oxygen atoms in total. The number of hydrogen-bond acceptors (Lipinski definition) is 3. The van der Waals surface area contributed by atoms with Crippen molar-refractivity contribution in [1.82, 2.24) is 9.47 Å². The van der Waals surface area contributed by atoms with Gasteiger partial charge in [0.15, 0.2) is 0 Å². The van der Waals surface area contributed by atoms with E-state index in [1.54, 1.807) is 12.0 Å². The summed E-state index contributed by atoms with van der Waals surface area (Å²) in [5.41, 5.74) is 3.80. The molecule has 1 saturated carbocycles. The molecule has 1 aromatic heterocycles. The SMILES string of the molecule is COc1ccc(C2c3cccn3-c3ccccc3N2C(=O)CN(C(=O)C2CC2)C(C)C)cc1. The van der Waals surface area contributed by atoms with Gasteiger partial charge in [-0.25, -0.2) is 0 Å². The fraction of sp³-hybridized carbons (Fsp3) is 0.333. The van der Waals surface area contributed by atoms with E-state index in [1.165, 1.54) is 0 Å². The van der Waals surface area contributed by atoms with Crippen LogP contribution in [0.3, 0.4) is 0 Å². The first-order valence-electron chi connectivity index (χ1n) is 11.5. The highest BCUT2D eigenvalue weighted by Gasteiger charge is 2.39. The normalized spacial score (nSPS) is 16.8. The summed E-state index contributed by atoms with van der Waals surface area (Å²) in [6.07, 6.45) is 3.87. The zero-order valence-corrected chi connectivity index (χ0v) is 19.3. The van der Waals surface area contributed by atoms with Crippen LogP contribution < -0.4 is 9.64 Å². The van der Waals surface area contributed by atoms with Gasteiger partial charge in [-0.05, 0) is 68.7 Å². The van der Waals surface area contributed by atoms with Gasteiger partial charge in [-0.3, -0.25) is 14.5 Å². The van der Waals surface area contributed by atoms with Crippen molar-refractivity contribution in [2.45, 2.75) is 38.8 Å². The minimum atomic E-state index is -0.307. The molecule has 33 heavy (non-hydrogen) atoms. The molecule has 1 atom stereocenters. The maximum atomic E-state index is 14.0. The van der Waals surface area contributed by atoms with Crippen LogP contribution in [0, 0.1) is 5.92 Å². The first kappa shape index (κ1) is 21.3. The Morgan fingerprint density at radius 1 is 1.00 bits per heavy atom. The molecule has 2 heterocycles. The second-order valence-corrected chi connectivity index (χ2v) is 9.07. The van der Waals surface area contributed by atoms with Crippen LogP contribution in [0.5, 0.6) is 5.75 Å². The van der Waals surface area contributed by atoms with Crippen LogP contribution in [0.15, 0.2) is 66.9 Å². The van der Waals surface area contributed by atoms with Gasteiger partial charge in [0.1, 0.15) is 18.3 Å². The molecule has 2 aliphatic rings. The Labute approximate surface area is 194 Å². The molecule has 1 aliphatic heterocycles. The van der Waals surface area contributed by atoms with Gasteiger partial charge in [0, 0.05) is 18.2 Å². The molecule has 0 radical (unpaired) electrons. The van der Waals surface area contributed by atoms with E-state index in [1.807, 2.05) is 79.5 Å². The zero-order chi connectivity index (χ0) is 23.1. The van der Waals surface area contributed by atoms with Crippen molar-refractivity contribution in [3.8, 4) is 11.4 Å². The van der Waals surface area contributed by atoms with Crippen LogP contribution in [0.4, 0.5) is 5.69 Å². The maximum absolute atomic E-state index is 14.0. The van der Waals surface area contributed by atoms with Crippen LogP contribution in [0.2, 0.25) is 0 Å². The first-order valence-corrected chi connectivity index (χ1v) is 11.5. The summed E-state index contributed by atoms with van der Waals surface area (Å²) in [6, 6.07) is 19.5. The molecule has 5 rings (SSSR count). The lowest BCUT2D eigenvalue weighted by molar-refractivity contribution is -0.138. The van der Waals surface area contributed by atoms with E-state index in [0.29, 0.717) is 0 Å². The predicted octanol–water partition coefficient (Wildman–Crippen LogP) is 4.57. The Balaban J connectivity index is 1.58. The number of para-hydroxylation sites is 2. The Kier molecular flexibility index (Phi) is 5.44. The van der Waals surface area contributed by atoms with Gasteiger partial charge in [0.2, 0.25) is 11.8 Å². The molecular weight excluding hydrogens is 414 g/mol. The van der Waals surface area contributed by atoms with Crippen LogP contribution in [-0.2, 0) is 9.59 Å². The molecule has 3 aromatic rings. The van der Waals surface area contributed by atoms with Gasteiger partial charge in [0.25, 0.3) is 0 Å². The van der Waals surface area contributed by atoms with Crippen molar-refractivity contribution in [1.29, 1.82) is 0 Å². The molecular formula is C27H29N3O3. The number of carbonyl (C=O) groups is 2. The van der Waals surface area contributed by atoms with Crippen molar-refractivity contribution in [3.63, 3.8) is 0 Å². The Morgan fingerprint density at radius 2 is 1.70 bits per heavy atom. The number of hydrogen-bond donors (Lipinski definition) is 0. The van der Waals surface area contributed by atoms with E-state index in [0.717, 1.165) is 41.2 Å². The standard InChI is InChI=1S/C27H29N3O3/c1-18(2)29(27(32)20-10-11-20)17-25(31)30-23-8-5-4-7-22(23)28-16-6-9-24(28)26(30)19-12-14-21(33-3)15-13-19/h4-9,12-16,18,20,26H,10-11,17H2,1-3H3. The van der Waals surface area contributed by atoms with E-state index >= 15 is 0 Å². The number of anilines is 1. The highest BCUT2D eigenvalue weighted by atomic mass is 16.5. The number of amides is 2. The van der Waals surface area contributed by atoms with Crippen molar-refractivity contribution in [2.24, 2.45) is 5.92 Å². The number of methoxy groups -OCH3 is 1. The highest BCUT2D eigenvalue weighted by molar-refractivity contribution is 6.00. The highest BCUT2D eigenvalue weighted by Crippen LogP contribution is 2.42. The Bertz CT molecular complexity index is 1180. The van der Waals surface area contributed by atoms with Crippen molar-refractivity contribution in [2.75, 3.05) is 18.6 Å². The molecule has 1 unspecified atom stereocenters. The van der Waals surface area contributed by atoms with Crippen molar-refractivity contribution >= 4 is 17.5 Å². The summed E-state index contributed by atoms with van der Waals surface area (Å²) >= 11 is 0. The van der Waals surface area contributed by atoms with Gasteiger partial charge in [-0.15, -0.1) is 0 Å². The van der Waals surface area contributed by atoms with Crippen LogP contribution >= 0.6 is 0 Å². The van der Waals surface area contributed by atoms with Gasteiger partial charge in [0.05, 0.1) is 24.2 Å². The second-order valence-electron chi connectivity index (χ2n) is 9.07. The number of fused-ring (bicyclic) bond motifs is 3. The number of nitrogens with zero attached hydrogens (tertiary/aromatic N) is 3. The van der Waals surface area contributed by atoms with Crippen LogP contribution in [0.25, 0.3) is 5.69 Å². The van der Waals surface area contributed by atoms with E-state index in [4.69, 9.17) is 4.74 Å². The number of benzene rings is 2. The fourth-order valence-electron chi connectivity index (χ4n) is 4.67. The monoisotopic (exact) mass is 443 g/mol. The van der Waals surface area contributed by atoms with Crippen LogP contribution in [0.1, 0.15) is 44.0 Å². The van der Waals surface area contributed by atoms with E-state index in [2.05, 4.69) is 10.6 Å². The fourth-order valence-corrected chi connectivity index (χ4v) is 4.67. The molecule has 0 saturated heterocycles. The minimum Gasteiger partial charge on any atom is -0.497 e. The molecule has 170 valence electrons. The van der Waals surface area contributed by atoms with Gasteiger partial charge in [-0.2, -0.15) is 0 Å². The average Bonchev–Trinajstić information content (AvgIpc) is 3.57. The number of aromatic nitrogens is 1. The molecule has 2 amide bonds. The molecule has 6 heteroatoms. The molecule has 2 aromatic carbocycles. The minimum absolute atomic E-state index is 0.0367. The smallest absolute Gasteiger partial charge is 0.247 e. The predicted molar refractivity (Wildman–Crippen MR) is 128 cm³/mol. The number of carbonyl (C=O) groups excluding carboxylic acids is 2. The quantitative estimate of drug-likeness (QED) is 0.561. The molecule has 0 bridgehead atoms. The zero-order valence-electron chi connectivity index (χ0n) is 19.3. The average molecular weight is 444 g/mol. The summed E-state index contributed by atoms with van der Waals surface area (Å²) in [7, 11) is 1.64. The van der Waals surface area contributed by atoms with Gasteiger partial charge >= 0.3 is 0 Å². The molecule has 1 aliphatic carbocycles. The lowest BCUT2D eigenvalue weighted by Crippen LogP contribution is -2.49. The number of ether oxygens (including phenoxy) is 1. The topological polar surface area (TPSA) is 54.8 Å². The lowest BCUT2D eigenvalue weighted by atomic mass is 9.97. The molecule has 0 spiro atoms. The van der Waals surface area contributed by atoms with E-state index in [-0.39, 0.29) is 36.4 Å². The third-order valence-corrected chi connectivity index (χ3v) is 6.56. The van der Waals surface area contributed by atoms with Gasteiger partial charge < -0.3 is 14.2 Å². The molecule has 1 fully saturated rings. The summed E-state index contributed by atoms with van der Waals surface area (Å²) in [4.78, 5) is 30.5. The largest absolute Gasteiger partial charge is 0.497 e. The second kappa shape index (κ2) is 8.43. The summed E-state index contributed by atoms with van der Waals surface area (Å²) in [5, 5.41) is 0. The van der Waals surface area contributed by atoms with Gasteiger partial charge in [-0.1, -0.05) is 24.3 Å². The van der Waals surface area contributed by atoms with Crippen LogP contribution in [-0.4, -0.2) is 41.0 Å². The summed E-state index contributed by atoms with van der Waals surface area (Å²) in [6.45, 7) is 4.02. The third-order valence-electron chi connectivity index (χ3n) is 6.56. The Hall–Kier alpha value is -3.54. The lowest BCUT2D eigenvalue weighted by Gasteiger charge is -2.40. The maximum Gasteiger partial charge on any atom is 0.247 e. The number of rotatable bonds is 6. The van der Waals surface area contributed by atoms with Crippen molar-refractivity contribution < 1.29 is 14.3 Å². The van der Waals surface area contributed by atoms with E-state index < -0.39 is 0 Å².